The van der Waals surface area contributed by atoms with Crippen molar-refractivity contribution in [3.05, 3.63) is 0 Å². The molecule has 168 valence electrons. The van der Waals surface area contributed by atoms with Gasteiger partial charge in [-0.3, -0.25) is 4.79 Å². The van der Waals surface area contributed by atoms with Gasteiger partial charge < -0.3 is 31.4 Å². The van der Waals surface area contributed by atoms with Crippen LogP contribution in [0.25, 0.3) is 0 Å². The van der Waals surface area contributed by atoms with Crippen molar-refractivity contribution in [1.29, 1.82) is 0 Å². The van der Waals surface area contributed by atoms with Gasteiger partial charge in [0.25, 0.3) is 10.2 Å². The highest BCUT2D eigenvalue weighted by Crippen LogP contribution is 2.34. The third kappa shape index (κ3) is 5.47. The number of nitrogens with two attached hydrogens (primary N) is 2. The predicted molar refractivity (Wildman–Crippen MR) is 107 cm³/mol. The Morgan fingerprint density at radius 2 is 2.03 bits per heavy atom. The molecule has 0 aromatic rings. The van der Waals surface area contributed by atoms with Crippen molar-refractivity contribution in [3.8, 4) is 0 Å². The van der Waals surface area contributed by atoms with Crippen molar-refractivity contribution in [3.63, 3.8) is 0 Å². The van der Waals surface area contributed by atoms with E-state index < -0.39 is 46.8 Å². The molecule has 0 amide bonds. The van der Waals surface area contributed by atoms with Crippen molar-refractivity contribution in [2.75, 3.05) is 32.8 Å². The zero-order chi connectivity index (χ0) is 22.0. The van der Waals surface area contributed by atoms with Gasteiger partial charge in [-0.25, -0.2) is 0 Å². The lowest BCUT2D eigenvalue weighted by atomic mass is 9.78. The molecule has 11 nitrogen and oxygen atoms in total. The zero-order valence-corrected chi connectivity index (χ0v) is 17.8. The maximum absolute atomic E-state index is 13.5. The molecule has 2 aliphatic rings. The average molecular weight is 436 g/mol. The largest absolute Gasteiger partial charge is 0.480 e. The Labute approximate surface area is 172 Å². The molecule has 0 aromatic carbocycles. The van der Waals surface area contributed by atoms with Crippen LogP contribution in [0.1, 0.15) is 26.7 Å². The van der Waals surface area contributed by atoms with Crippen molar-refractivity contribution in [2.45, 2.75) is 50.6 Å². The standard InChI is InChI=1S/C16H33BN4O7S/c1-11(2)6-21(14-9-28-8-13(14)18)29(26,27)20-7-12(4-3-5-17(24)25)16(19,10-20)15(22)23/h11-14,24-25H,3-10,18-19H2,1-2H3,(H,22,23)/t12-,13?,14?,16-/m0/s1. The molecular weight excluding hydrogens is 403 g/mol. The van der Waals surface area contributed by atoms with Gasteiger partial charge in [-0.15, -0.1) is 0 Å². The van der Waals surface area contributed by atoms with E-state index in [4.69, 9.17) is 26.3 Å². The third-order valence-corrected chi connectivity index (χ3v) is 7.58. The van der Waals surface area contributed by atoms with E-state index in [2.05, 4.69) is 0 Å². The summed E-state index contributed by atoms with van der Waals surface area (Å²) in [6.07, 6.45) is 0.648. The third-order valence-electron chi connectivity index (χ3n) is 5.63. The van der Waals surface area contributed by atoms with E-state index in [0.717, 1.165) is 4.31 Å². The van der Waals surface area contributed by atoms with Crippen LogP contribution >= 0.6 is 0 Å². The Morgan fingerprint density at radius 3 is 2.52 bits per heavy atom. The van der Waals surface area contributed by atoms with Crippen LogP contribution in [0.4, 0.5) is 0 Å². The molecule has 2 heterocycles. The maximum Gasteiger partial charge on any atom is 0.451 e. The Balaban J connectivity index is 2.26. The normalized spacial score (nSPS) is 31.1. The molecule has 2 aliphatic heterocycles. The summed E-state index contributed by atoms with van der Waals surface area (Å²) in [6, 6.07) is -0.988. The molecule has 2 fully saturated rings. The monoisotopic (exact) mass is 436 g/mol. The average Bonchev–Trinajstić information content (AvgIpc) is 3.17. The molecule has 2 rings (SSSR count). The van der Waals surface area contributed by atoms with Crippen molar-refractivity contribution in [1.82, 2.24) is 8.61 Å². The lowest BCUT2D eigenvalue weighted by molar-refractivity contribution is -0.144. The number of hydrogen-bond donors (Lipinski definition) is 5. The molecule has 2 unspecified atom stereocenters. The maximum atomic E-state index is 13.5. The number of carboxylic acid groups (broad SMARTS) is 1. The Kier molecular flexibility index (Phi) is 8.07. The summed E-state index contributed by atoms with van der Waals surface area (Å²) < 4.78 is 34.7. The number of aliphatic carboxylic acids is 1. The number of rotatable bonds is 10. The van der Waals surface area contributed by atoms with Crippen molar-refractivity contribution < 1.29 is 33.1 Å². The molecule has 13 heteroatoms. The fraction of sp³-hybridized carbons (Fsp3) is 0.938. The first-order chi connectivity index (χ1) is 13.4. The second-order valence-corrected chi connectivity index (χ2v) is 10.4. The molecule has 7 N–H and O–H groups in total. The van der Waals surface area contributed by atoms with Gasteiger partial charge in [0.1, 0.15) is 5.54 Å². The molecule has 0 aliphatic carbocycles. The van der Waals surface area contributed by atoms with Gasteiger partial charge in [-0.1, -0.05) is 20.3 Å². The first-order valence-corrected chi connectivity index (χ1v) is 11.3. The van der Waals surface area contributed by atoms with Crippen LogP contribution in [0, 0.1) is 11.8 Å². The second kappa shape index (κ2) is 9.56. The lowest BCUT2D eigenvalue weighted by Gasteiger charge is -2.34. The molecule has 4 atom stereocenters. The van der Waals surface area contributed by atoms with Crippen LogP contribution in [-0.2, 0) is 19.7 Å². The Bertz CT molecular complexity index is 680. The quantitative estimate of drug-likeness (QED) is 0.239. The van der Waals surface area contributed by atoms with Gasteiger partial charge in [0.2, 0.25) is 0 Å². The summed E-state index contributed by atoms with van der Waals surface area (Å²) in [6.45, 7) is 4.05. The molecular formula is C16H33BN4O7S. The van der Waals surface area contributed by atoms with Crippen molar-refractivity contribution in [2.24, 2.45) is 23.3 Å². The fourth-order valence-corrected chi connectivity index (χ4v) is 6.06. The second-order valence-electron chi connectivity index (χ2n) is 8.49. The summed E-state index contributed by atoms with van der Waals surface area (Å²) in [5.74, 6) is -1.90. The summed E-state index contributed by atoms with van der Waals surface area (Å²) in [5, 5.41) is 27.7. The van der Waals surface area contributed by atoms with Crippen LogP contribution < -0.4 is 11.5 Å². The van der Waals surface area contributed by atoms with Gasteiger partial charge in [0.15, 0.2) is 0 Å². The molecule has 0 radical (unpaired) electrons. The van der Waals surface area contributed by atoms with Crippen molar-refractivity contribution >= 4 is 23.3 Å². The topological polar surface area (TPSA) is 180 Å². The smallest absolute Gasteiger partial charge is 0.451 e. The van der Waals surface area contributed by atoms with Crippen LogP contribution in [0.5, 0.6) is 0 Å². The van der Waals surface area contributed by atoms with E-state index in [1.165, 1.54) is 4.31 Å². The molecule has 2 saturated heterocycles. The Hall–Kier alpha value is -0.795. The van der Waals surface area contributed by atoms with Gasteiger partial charge in [-0.2, -0.15) is 17.0 Å². The van der Waals surface area contributed by atoms with E-state index in [-0.39, 0.29) is 51.5 Å². The van der Waals surface area contributed by atoms with E-state index >= 15 is 0 Å². The van der Waals surface area contributed by atoms with Gasteiger partial charge in [0.05, 0.1) is 19.3 Å². The number of hydrogen-bond acceptors (Lipinski definition) is 8. The van der Waals surface area contributed by atoms with Gasteiger partial charge in [0, 0.05) is 31.6 Å². The first-order valence-electron chi connectivity index (χ1n) is 9.88. The summed E-state index contributed by atoms with van der Waals surface area (Å²) in [5.41, 5.74) is 10.4. The van der Waals surface area contributed by atoms with Gasteiger partial charge in [-0.05, 0) is 18.7 Å². The zero-order valence-electron chi connectivity index (χ0n) is 17.0. The molecule has 0 spiro atoms. The van der Waals surface area contributed by atoms with Crippen LogP contribution in [0.2, 0.25) is 6.32 Å². The van der Waals surface area contributed by atoms with Crippen LogP contribution in [0.15, 0.2) is 0 Å². The number of nitrogens with zero attached hydrogens (tertiary/aromatic N) is 2. The SMILES string of the molecule is CC(C)CN(C1COCC1N)S(=O)(=O)N1C[C@H](CCCB(O)O)[C@](N)(C(=O)O)C1. The highest BCUT2D eigenvalue weighted by Gasteiger charge is 2.54. The number of ether oxygens (including phenoxy) is 1. The lowest BCUT2D eigenvalue weighted by Crippen LogP contribution is -2.57. The van der Waals surface area contributed by atoms with Gasteiger partial charge >= 0.3 is 13.1 Å². The molecule has 0 aromatic heterocycles. The van der Waals surface area contributed by atoms with E-state index in [0.29, 0.717) is 6.42 Å². The van der Waals surface area contributed by atoms with E-state index in [9.17, 15) is 18.3 Å². The summed E-state index contributed by atoms with van der Waals surface area (Å²) in [7, 11) is -5.53. The minimum atomic E-state index is -4.03. The Morgan fingerprint density at radius 1 is 1.38 bits per heavy atom. The first kappa shape index (κ1) is 24.5. The molecule has 0 saturated carbocycles. The van der Waals surface area contributed by atoms with Crippen LogP contribution in [-0.4, -0.2) is 95.7 Å². The minimum absolute atomic E-state index is 0.0316. The molecule has 29 heavy (non-hydrogen) atoms. The fourth-order valence-electron chi connectivity index (χ4n) is 3.97. The number of carbonyl (C=O) groups is 1. The number of carboxylic acids is 1. The summed E-state index contributed by atoms with van der Waals surface area (Å²) >= 11 is 0. The summed E-state index contributed by atoms with van der Waals surface area (Å²) in [4.78, 5) is 11.9. The molecule has 0 bridgehead atoms. The minimum Gasteiger partial charge on any atom is -0.480 e. The highest BCUT2D eigenvalue weighted by atomic mass is 32.2. The predicted octanol–water partition coefficient (Wildman–Crippen LogP) is -2.12. The highest BCUT2D eigenvalue weighted by molar-refractivity contribution is 7.86. The van der Waals surface area contributed by atoms with Crippen LogP contribution in [0.3, 0.4) is 0 Å². The van der Waals surface area contributed by atoms with E-state index in [1.807, 2.05) is 13.8 Å². The van der Waals surface area contributed by atoms with E-state index in [1.54, 1.807) is 0 Å².